The number of nitrogens with one attached hydrogen (secondary N) is 2. The van der Waals surface area contributed by atoms with Gasteiger partial charge in [0, 0.05) is 29.7 Å². The number of aromatic nitrogens is 8. The lowest BCUT2D eigenvalue weighted by molar-refractivity contribution is 0.269. The predicted octanol–water partition coefficient (Wildman–Crippen LogP) is 2.48. The molecular formula is C20H17F2N9O. The third kappa shape index (κ3) is 3.78. The van der Waals surface area contributed by atoms with Crippen molar-refractivity contribution in [3.05, 3.63) is 66.5 Å². The molecule has 0 aliphatic carbocycles. The normalized spacial score (nSPS) is 11.3. The minimum atomic E-state index is -0.952. The standard InChI is InChI=1S/C20H17F2N9O/c21-17-4-12(14-6-24-25-7-14)3-13(18(17)22)10-31-19-15(8-27-31)5-23-20(29-19)28-16-9-26-30(11-16)1-2-32/h3-9,11,32H,1-2,10H2,(H,24,25)(H,23,28,29). The second-order valence-corrected chi connectivity index (χ2v) is 7.03. The Labute approximate surface area is 179 Å². The lowest BCUT2D eigenvalue weighted by Crippen LogP contribution is -2.07. The molecule has 0 unspecified atom stereocenters. The molecule has 12 heteroatoms. The molecule has 32 heavy (non-hydrogen) atoms. The number of aliphatic hydroxyl groups excluding tert-OH is 1. The van der Waals surface area contributed by atoms with Gasteiger partial charge in [-0.1, -0.05) is 0 Å². The molecule has 0 radical (unpaired) electrons. The average Bonchev–Trinajstić information content (AvgIpc) is 3.54. The van der Waals surface area contributed by atoms with Crippen LogP contribution in [0.15, 0.2) is 49.3 Å². The molecule has 0 aliphatic rings. The minimum absolute atomic E-state index is 0.0250. The summed E-state index contributed by atoms with van der Waals surface area (Å²) in [7, 11) is 0. The van der Waals surface area contributed by atoms with Gasteiger partial charge in [-0.05, 0) is 17.7 Å². The quantitative estimate of drug-likeness (QED) is 0.358. The number of fused-ring (bicyclic) bond motifs is 1. The summed E-state index contributed by atoms with van der Waals surface area (Å²) in [5.74, 6) is -1.60. The first-order chi connectivity index (χ1) is 15.6. The molecule has 0 amide bonds. The van der Waals surface area contributed by atoms with Gasteiger partial charge in [-0.15, -0.1) is 0 Å². The third-order valence-corrected chi connectivity index (χ3v) is 4.85. The van der Waals surface area contributed by atoms with Crippen molar-refractivity contribution in [2.75, 3.05) is 11.9 Å². The molecule has 10 nitrogen and oxygen atoms in total. The monoisotopic (exact) mass is 437 g/mol. The van der Waals surface area contributed by atoms with Crippen molar-refractivity contribution in [2.24, 2.45) is 0 Å². The molecule has 5 rings (SSSR count). The molecule has 0 atom stereocenters. The van der Waals surface area contributed by atoms with E-state index in [1.165, 1.54) is 10.9 Å². The molecular weight excluding hydrogens is 420 g/mol. The Hall–Kier alpha value is -4.19. The number of hydrogen-bond acceptors (Lipinski definition) is 7. The van der Waals surface area contributed by atoms with Crippen LogP contribution in [0, 0.1) is 11.6 Å². The van der Waals surface area contributed by atoms with Crippen LogP contribution in [0.2, 0.25) is 0 Å². The van der Waals surface area contributed by atoms with Crippen LogP contribution < -0.4 is 5.32 Å². The molecule has 0 saturated carbocycles. The Kier molecular flexibility index (Phi) is 5.03. The Morgan fingerprint density at radius 2 is 1.97 bits per heavy atom. The van der Waals surface area contributed by atoms with Gasteiger partial charge in [0.1, 0.15) is 0 Å². The molecule has 162 valence electrons. The van der Waals surface area contributed by atoms with E-state index in [0.717, 1.165) is 6.07 Å². The van der Waals surface area contributed by atoms with Crippen LogP contribution in [0.3, 0.4) is 0 Å². The van der Waals surface area contributed by atoms with Crippen molar-refractivity contribution < 1.29 is 13.9 Å². The van der Waals surface area contributed by atoms with E-state index in [2.05, 4.69) is 35.7 Å². The summed E-state index contributed by atoms with van der Waals surface area (Å²) in [6, 6.07) is 2.69. The number of rotatable bonds is 7. The average molecular weight is 437 g/mol. The number of H-pyrrole nitrogens is 1. The van der Waals surface area contributed by atoms with Crippen molar-refractivity contribution in [1.82, 2.24) is 39.7 Å². The fourth-order valence-corrected chi connectivity index (χ4v) is 3.32. The first kappa shape index (κ1) is 19.8. The van der Waals surface area contributed by atoms with Crippen molar-refractivity contribution in [3.8, 4) is 11.1 Å². The maximum atomic E-state index is 14.5. The van der Waals surface area contributed by atoms with E-state index >= 15 is 0 Å². The molecule has 1 aromatic carbocycles. The lowest BCUT2D eigenvalue weighted by atomic mass is 10.1. The molecule has 4 aromatic heterocycles. The number of nitrogens with zero attached hydrogens (tertiary/aromatic N) is 7. The number of anilines is 2. The Morgan fingerprint density at radius 3 is 2.78 bits per heavy atom. The first-order valence-electron chi connectivity index (χ1n) is 9.66. The summed E-state index contributed by atoms with van der Waals surface area (Å²) in [6.45, 7) is 0.318. The number of hydrogen-bond donors (Lipinski definition) is 3. The highest BCUT2D eigenvalue weighted by Gasteiger charge is 2.15. The number of halogens is 2. The van der Waals surface area contributed by atoms with E-state index in [4.69, 9.17) is 5.11 Å². The summed E-state index contributed by atoms with van der Waals surface area (Å²) >= 11 is 0. The molecule has 3 N–H and O–H groups in total. The Morgan fingerprint density at radius 1 is 1.06 bits per heavy atom. The topological polar surface area (TPSA) is 122 Å². The van der Waals surface area contributed by atoms with Crippen molar-refractivity contribution in [3.63, 3.8) is 0 Å². The minimum Gasteiger partial charge on any atom is -0.394 e. The third-order valence-electron chi connectivity index (χ3n) is 4.85. The van der Waals surface area contributed by atoms with Crippen LogP contribution in [0.5, 0.6) is 0 Å². The van der Waals surface area contributed by atoms with Crippen molar-refractivity contribution in [2.45, 2.75) is 13.1 Å². The number of benzene rings is 1. The molecule has 4 heterocycles. The van der Waals surface area contributed by atoms with Gasteiger partial charge in [-0.3, -0.25) is 9.78 Å². The Balaban J connectivity index is 1.45. The van der Waals surface area contributed by atoms with Crippen LogP contribution in [0.1, 0.15) is 5.56 Å². The maximum Gasteiger partial charge on any atom is 0.229 e. The fraction of sp³-hybridized carbons (Fsp3) is 0.150. The van der Waals surface area contributed by atoms with Crippen molar-refractivity contribution in [1.29, 1.82) is 0 Å². The van der Waals surface area contributed by atoms with E-state index in [1.807, 2.05) is 0 Å². The highest BCUT2D eigenvalue weighted by molar-refractivity contribution is 5.75. The summed E-state index contributed by atoms with van der Waals surface area (Å²) < 4.78 is 31.8. The van der Waals surface area contributed by atoms with Crippen LogP contribution >= 0.6 is 0 Å². The zero-order chi connectivity index (χ0) is 22.1. The second-order valence-electron chi connectivity index (χ2n) is 7.03. The van der Waals surface area contributed by atoms with Crippen molar-refractivity contribution >= 4 is 22.7 Å². The van der Waals surface area contributed by atoms with Gasteiger partial charge in [0.05, 0.1) is 49.4 Å². The van der Waals surface area contributed by atoms with Gasteiger partial charge in [0.2, 0.25) is 5.95 Å². The van der Waals surface area contributed by atoms with Gasteiger partial charge in [-0.2, -0.15) is 20.3 Å². The molecule has 5 aromatic rings. The highest BCUT2D eigenvalue weighted by Crippen LogP contribution is 2.25. The highest BCUT2D eigenvalue weighted by atomic mass is 19.2. The SMILES string of the molecule is OCCn1cc(Nc2ncc3cnn(Cc4cc(-c5cn[nH]c5)cc(F)c4F)c3n2)cn1. The van der Waals surface area contributed by atoms with Gasteiger partial charge < -0.3 is 10.4 Å². The molecule has 0 aliphatic heterocycles. The predicted molar refractivity (Wildman–Crippen MR) is 111 cm³/mol. The molecule has 0 spiro atoms. The van der Waals surface area contributed by atoms with E-state index in [1.54, 1.807) is 41.7 Å². The van der Waals surface area contributed by atoms with E-state index in [9.17, 15) is 8.78 Å². The first-order valence-corrected chi connectivity index (χ1v) is 9.66. The number of aromatic amines is 1. The van der Waals surface area contributed by atoms with Crippen LogP contribution in [0.4, 0.5) is 20.4 Å². The van der Waals surface area contributed by atoms with Gasteiger partial charge in [0.25, 0.3) is 0 Å². The van der Waals surface area contributed by atoms with Crippen LogP contribution in [0.25, 0.3) is 22.2 Å². The van der Waals surface area contributed by atoms with Gasteiger partial charge in [-0.25, -0.2) is 18.4 Å². The van der Waals surface area contributed by atoms with E-state index in [-0.39, 0.29) is 18.7 Å². The number of aliphatic hydroxyl groups is 1. The van der Waals surface area contributed by atoms with Gasteiger partial charge in [0.15, 0.2) is 17.3 Å². The zero-order valence-corrected chi connectivity index (χ0v) is 16.6. The lowest BCUT2D eigenvalue weighted by Gasteiger charge is -2.09. The van der Waals surface area contributed by atoms with Crippen LogP contribution in [-0.2, 0) is 13.1 Å². The smallest absolute Gasteiger partial charge is 0.229 e. The summed E-state index contributed by atoms with van der Waals surface area (Å²) in [5, 5.41) is 27.6. The van der Waals surface area contributed by atoms with Crippen LogP contribution in [-0.4, -0.2) is 51.4 Å². The molecule has 0 bridgehead atoms. The summed E-state index contributed by atoms with van der Waals surface area (Å²) in [5.41, 5.74) is 2.38. The fourth-order valence-electron chi connectivity index (χ4n) is 3.32. The zero-order valence-electron chi connectivity index (χ0n) is 16.6. The summed E-state index contributed by atoms with van der Waals surface area (Å²) in [6.07, 6.45) is 9.58. The second kappa shape index (κ2) is 8.15. The Bertz CT molecular complexity index is 1380. The van der Waals surface area contributed by atoms with E-state index in [0.29, 0.717) is 40.3 Å². The van der Waals surface area contributed by atoms with Gasteiger partial charge >= 0.3 is 0 Å². The molecule has 0 saturated heterocycles. The largest absolute Gasteiger partial charge is 0.394 e. The maximum absolute atomic E-state index is 14.5. The molecule has 0 fully saturated rings. The summed E-state index contributed by atoms with van der Waals surface area (Å²) in [4.78, 5) is 8.72. The van der Waals surface area contributed by atoms with E-state index < -0.39 is 11.6 Å².